The van der Waals surface area contributed by atoms with E-state index in [1.54, 1.807) is 32.1 Å². The number of nitrogens with zero attached hydrogens (tertiary/aromatic N) is 3. The maximum absolute atomic E-state index is 12.4. The van der Waals surface area contributed by atoms with Gasteiger partial charge >= 0.3 is 5.97 Å². The van der Waals surface area contributed by atoms with E-state index in [9.17, 15) is 9.59 Å². The molecule has 0 bridgehead atoms. The average molecular weight is 399 g/mol. The molecule has 0 aliphatic carbocycles. The quantitative estimate of drug-likeness (QED) is 0.562. The molecule has 0 spiro atoms. The van der Waals surface area contributed by atoms with E-state index in [-0.39, 0.29) is 17.5 Å². The molecular weight excluding hydrogens is 378 g/mol. The second-order valence-electron chi connectivity index (χ2n) is 6.27. The molecule has 0 atom stereocenters. The SMILES string of the molecule is COc1cc(C2=N/C(=C\c3c(C)nn(C(C)=O)c3C)C(=O)O2)cc(OC)c1OC. The number of esters is 1. The Bertz CT molecular complexity index is 1040. The first-order valence-electron chi connectivity index (χ1n) is 8.70. The second kappa shape index (κ2) is 7.78. The molecule has 0 amide bonds. The van der Waals surface area contributed by atoms with E-state index >= 15 is 0 Å². The number of aliphatic imine (C=N–C) groups is 1. The molecule has 3 rings (SSSR count). The monoisotopic (exact) mass is 399 g/mol. The van der Waals surface area contributed by atoms with Crippen molar-refractivity contribution in [2.75, 3.05) is 21.3 Å². The van der Waals surface area contributed by atoms with Crippen molar-refractivity contribution in [3.05, 3.63) is 40.3 Å². The van der Waals surface area contributed by atoms with Gasteiger partial charge in [0.15, 0.2) is 17.2 Å². The van der Waals surface area contributed by atoms with Crippen molar-refractivity contribution in [3.63, 3.8) is 0 Å². The van der Waals surface area contributed by atoms with E-state index in [2.05, 4.69) is 10.1 Å². The largest absolute Gasteiger partial charge is 0.493 e. The smallest absolute Gasteiger partial charge is 0.363 e. The number of ether oxygens (including phenoxy) is 4. The zero-order valence-corrected chi connectivity index (χ0v) is 17.0. The van der Waals surface area contributed by atoms with Crippen LogP contribution in [0, 0.1) is 13.8 Å². The van der Waals surface area contributed by atoms with Crippen LogP contribution in [0.3, 0.4) is 0 Å². The summed E-state index contributed by atoms with van der Waals surface area (Å²) in [6.07, 6.45) is 1.56. The van der Waals surface area contributed by atoms with Crippen LogP contribution in [0.5, 0.6) is 17.2 Å². The lowest BCUT2D eigenvalue weighted by Crippen LogP contribution is -2.09. The van der Waals surface area contributed by atoms with Crippen LogP contribution in [-0.4, -0.2) is 48.9 Å². The summed E-state index contributed by atoms with van der Waals surface area (Å²) in [5.41, 5.74) is 2.45. The first-order chi connectivity index (χ1) is 13.8. The lowest BCUT2D eigenvalue weighted by Gasteiger charge is -2.13. The average Bonchev–Trinajstić information content (AvgIpc) is 3.21. The Morgan fingerprint density at radius 1 is 1.10 bits per heavy atom. The standard InChI is InChI=1S/C20H21N3O6/c1-10-14(11(2)23(22-10)12(3)24)9-15-20(25)29-19(21-15)13-7-16(26-4)18(28-6)17(8-13)27-5/h7-9H,1-6H3/b15-9-. The minimum Gasteiger partial charge on any atom is -0.493 e. The number of carbonyl (C=O) groups excluding carboxylic acids is 2. The van der Waals surface area contributed by atoms with Gasteiger partial charge in [-0.1, -0.05) is 0 Å². The predicted molar refractivity (Wildman–Crippen MR) is 105 cm³/mol. The van der Waals surface area contributed by atoms with Crippen molar-refractivity contribution < 1.29 is 28.5 Å². The van der Waals surface area contributed by atoms with Crippen LogP contribution < -0.4 is 14.2 Å². The number of aromatic nitrogens is 2. The third-order valence-electron chi connectivity index (χ3n) is 4.46. The molecule has 9 heteroatoms. The van der Waals surface area contributed by atoms with Crippen LogP contribution in [0.15, 0.2) is 22.8 Å². The zero-order chi connectivity index (χ0) is 21.3. The van der Waals surface area contributed by atoms with E-state index in [1.807, 2.05) is 0 Å². The molecule has 0 saturated heterocycles. The highest BCUT2D eigenvalue weighted by Crippen LogP contribution is 2.39. The molecule has 152 valence electrons. The van der Waals surface area contributed by atoms with Crippen molar-refractivity contribution in [3.8, 4) is 17.2 Å². The Morgan fingerprint density at radius 2 is 1.72 bits per heavy atom. The summed E-state index contributed by atoms with van der Waals surface area (Å²) in [5.74, 6) is 0.519. The van der Waals surface area contributed by atoms with Gasteiger partial charge in [-0.3, -0.25) is 4.79 Å². The van der Waals surface area contributed by atoms with Crippen molar-refractivity contribution in [2.45, 2.75) is 20.8 Å². The van der Waals surface area contributed by atoms with E-state index in [0.717, 1.165) is 0 Å². The first kappa shape index (κ1) is 20.1. The Morgan fingerprint density at radius 3 is 2.21 bits per heavy atom. The van der Waals surface area contributed by atoms with Gasteiger partial charge in [-0.2, -0.15) is 5.10 Å². The minimum atomic E-state index is -0.608. The Labute approximate surface area is 167 Å². The van der Waals surface area contributed by atoms with Gasteiger partial charge in [0.05, 0.1) is 32.7 Å². The van der Waals surface area contributed by atoms with Gasteiger partial charge in [-0.05, 0) is 32.1 Å². The van der Waals surface area contributed by atoms with Crippen LogP contribution in [0.25, 0.3) is 6.08 Å². The third-order valence-corrected chi connectivity index (χ3v) is 4.46. The van der Waals surface area contributed by atoms with Crippen LogP contribution in [0.2, 0.25) is 0 Å². The predicted octanol–water partition coefficient (Wildman–Crippen LogP) is 2.53. The van der Waals surface area contributed by atoms with Crippen LogP contribution in [0.1, 0.15) is 34.2 Å². The highest BCUT2D eigenvalue weighted by Gasteiger charge is 2.27. The van der Waals surface area contributed by atoms with E-state index < -0.39 is 5.97 Å². The van der Waals surface area contributed by atoms with Crippen LogP contribution >= 0.6 is 0 Å². The molecule has 9 nitrogen and oxygen atoms in total. The molecule has 0 fully saturated rings. The Balaban J connectivity index is 2.06. The summed E-state index contributed by atoms with van der Waals surface area (Å²) >= 11 is 0. The number of rotatable bonds is 5. The lowest BCUT2D eigenvalue weighted by molar-refractivity contribution is -0.129. The summed E-state index contributed by atoms with van der Waals surface area (Å²) in [5, 5.41) is 4.19. The lowest BCUT2D eigenvalue weighted by atomic mass is 10.1. The number of methoxy groups -OCH3 is 3. The molecule has 0 radical (unpaired) electrons. The summed E-state index contributed by atoms with van der Waals surface area (Å²) in [6.45, 7) is 4.92. The number of cyclic esters (lactones) is 1. The fourth-order valence-corrected chi connectivity index (χ4v) is 3.04. The van der Waals surface area contributed by atoms with E-state index in [4.69, 9.17) is 18.9 Å². The number of aryl methyl sites for hydroxylation is 1. The normalized spacial score (nSPS) is 14.6. The van der Waals surface area contributed by atoms with Gasteiger partial charge in [0.25, 0.3) is 0 Å². The topological polar surface area (TPSA) is 101 Å². The molecule has 1 aliphatic heterocycles. The van der Waals surface area contributed by atoms with Crippen LogP contribution in [-0.2, 0) is 9.53 Å². The molecule has 0 saturated carbocycles. The number of benzene rings is 1. The van der Waals surface area contributed by atoms with E-state index in [1.165, 1.54) is 32.9 Å². The maximum atomic E-state index is 12.4. The molecule has 2 aromatic rings. The molecule has 1 aromatic carbocycles. The zero-order valence-electron chi connectivity index (χ0n) is 17.0. The first-order valence-corrected chi connectivity index (χ1v) is 8.70. The van der Waals surface area contributed by atoms with Crippen molar-refractivity contribution in [1.29, 1.82) is 0 Å². The second-order valence-corrected chi connectivity index (χ2v) is 6.27. The molecule has 1 aromatic heterocycles. The van der Waals surface area contributed by atoms with E-state index in [0.29, 0.717) is 39.8 Å². The van der Waals surface area contributed by atoms with Gasteiger partial charge in [-0.15, -0.1) is 0 Å². The number of carbonyl (C=O) groups is 2. The maximum Gasteiger partial charge on any atom is 0.363 e. The Hall–Kier alpha value is -3.62. The minimum absolute atomic E-state index is 0.100. The fraction of sp³-hybridized carbons (Fsp3) is 0.300. The fourth-order valence-electron chi connectivity index (χ4n) is 3.04. The van der Waals surface area contributed by atoms with Crippen molar-refractivity contribution in [2.24, 2.45) is 4.99 Å². The highest BCUT2D eigenvalue weighted by molar-refractivity contribution is 6.13. The van der Waals surface area contributed by atoms with Crippen molar-refractivity contribution >= 4 is 23.9 Å². The summed E-state index contributed by atoms with van der Waals surface area (Å²) in [4.78, 5) is 28.4. The molecule has 0 N–H and O–H groups in total. The Kier molecular flexibility index (Phi) is 5.40. The van der Waals surface area contributed by atoms with Crippen LogP contribution in [0.4, 0.5) is 0 Å². The van der Waals surface area contributed by atoms with Gasteiger partial charge in [0.1, 0.15) is 0 Å². The van der Waals surface area contributed by atoms with Gasteiger partial charge in [-0.25, -0.2) is 14.5 Å². The molecule has 29 heavy (non-hydrogen) atoms. The molecule has 0 unspecified atom stereocenters. The highest BCUT2D eigenvalue weighted by atomic mass is 16.6. The summed E-state index contributed by atoms with van der Waals surface area (Å²) in [6, 6.07) is 3.28. The van der Waals surface area contributed by atoms with Gasteiger partial charge in [0, 0.05) is 18.1 Å². The summed E-state index contributed by atoms with van der Waals surface area (Å²) < 4.78 is 22.6. The molecular formula is C20H21N3O6. The third kappa shape index (κ3) is 3.58. The van der Waals surface area contributed by atoms with Gasteiger partial charge < -0.3 is 18.9 Å². The number of hydrogen-bond donors (Lipinski definition) is 0. The molecule has 2 heterocycles. The van der Waals surface area contributed by atoms with Crippen molar-refractivity contribution in [1.82, 2.24) is 9.78 Å². The summed E-state index contributed by atoms with van der Waals surface area (Å²) in [7, 11) is 4.49. The number of hydrogen-bond acceptors (Lipinski definition) is 8. The molecule has 1 aliphatic rings. The van der Waals surface area contributed by atoms with Gasteiger partial charge in [0.2, 0.25) is 17.6 Å².